The van der Waals surface area contributed by atoms with Crippen LogP contribution in [0, 0.1) is 0 Å². The molecule has 0 saturated carbocycles. The second kappa shape index (κ2) is 9.67. The van der Waals surface area contributed by atoms with Crippen molar-refractivity contribution in [3.8, 4) is 0 Å². The summed E-state index contributed by atoms with van der Waals surface area (Å²) in [5, 5.41) is 6.01. The Balaban J connectivity index is 0. The SMILES string of the molecule is CNCCNC.[Cu+]. The van der Waals surface area contributed by atoms with E-state index in [1.54, 1.807) is 0 Å². The Bertz CT molecular complexity index is 21.7. The van der Waals surface area contributed by atoms with Gasteiger partial charge < -0.3 is 10.6 Å². The van der Waals surface area contributed by atoms with Crippen molar-refractivity contribution in [3.05, 3.63) is 0 Å². The van der Waals surface area contributed by atoms with Gasteiger partial charge in [0.2, 0.25) is 0 Å². The van der Waals surface area contributed by atoms with E-state index in [-0.39, 0.29) is 17.1 Å². The van der Waals surface area contributed by atoms with Gasteiger partial charge in [-0.25, -0.2) is 0 Å². The second-order valence-corrected chi connectivity index (χ2v) is 1.21. The summed E-state index contributed by atoms with van der Waals surface area (Å²) in [7, 11) is 3.88. The topological polar surface area (TPSA) is 24.1 Å². The van der Waals surface area contributed by atoms with Crippen LogP contribution in [-0.2, 0) is 17.1 Å². The molecule has 0 amide bonds. The quantitative estimate of drug-likeness (QED) is 0.417. The number of likely N-dealkylation sites (N-methyl/N-ethyl adjacent to an activating group) is 2. The first-order chi connectivity index (χ1) is 2.91. The molecule has 0 aliphatic heterocycles. The van der Waals surface area contributed by atoms with Gasteiger partial charge in [0.15, 0.2) is 0 Å². The van der Waals surface area contributed by atoms with Gasteiger partial charge in [-0.15, -0.1) is 0 Å². The van der Waals surface area contributed by atoms with Crippen LogP contribution in [0.3, 0.4) is 0 Å². The summed E-state index contributed by atoms with van der Waals surface area (Å²) in [6.07, 6.45) is 0. The van der Waals surface area contributed by atoms with Crippen molar-refractivity contribution in [2.45, 2.75) is 0 Å². The molecule has 2 N–H and O–H groups in total. The van der Waals surface area contributed by atoms with Crippen molar-refractivity contribution in [3.63, 3.8) is 0 Å². The predicted molar refractivity (Wildman–Crippen MR) is 27.9 cm³/mol. The molecule has 0 spiro atoms. The average Bonchev–Trinajstić information content (AvgIpc) is 1.61. The number of hydrogen-bond donors (Lipinski definition) is 2. The van der Waals surface area contributed by atoms with Crippen molar-refractivity contribution >= 4 is 0 Å². The van der Waals surface area contributed by atoms with Gasteiger partial charge in [-0.05, 0) is 14.1 Å². The van der Waals surface area contributed by atoms with Crippen LogP contribution < -0.4 is 10.6 Å². The van der Waals surface area contributed by atoms with E-state index in [0.29, 0.717) is 0 Å². The van der Waals surface area contributed by atoms with E-state index < -0.39 is 0 Å². The summed E-state index contributed by atoms with van der Waals surface area (Å²) in [5.41, 5.74) is 0. The molecule has 7 heavy (non-hydrogen) atoms. The van der Waals surface area contributed by atoms with Crippen LogP contribution in [0.2, 0.25) is 0 Å². The molecule has 0 atom stereocenters. The van der Waals surface area contributed by atoms with E-state index >= 15 is 0 Å². The van der Waals surface area contributed by atoms with Gasteiger partial charge >= 0.3 is 17.1 Å². The molecular formula is C4H12CuN2+. The monoisotopic (exact) mass is 151 g/mol. The molecule has 0 aromatic carbocycles. The Kier molecular flexibility index (Phi) is 14.4. The standard InChI is InChI=1S/C4H12N2.Cu/c1-5-3-4-6-2;/h5-6H,3-4H2,1-2H3;/q;+1. The van der Waals surface area contributed by atoms with Gasteiger partial charge in [0.05, 0.1) is 0 Å². The van der Waals surface area contributed by atoms with Crippen molar-refractivity contribution in [1.29, 1.82) is 0 Å². The summed E-state index contributed by atoms with van der Waals surface area (Å²) in [6, 6.07) is 0. The maximum Gasteiger partial charge on any atom is 1.00 e. The summed E-state index contributed by atoms with van der Waals surface area (Å²) in [5.74, 6) is 0. The molecule has 0 aromatic rings. The summed E-state index contributed by atoms with van der Waals surface area (Å²) in [4.78, 5) is 0. The molecular weight excluding hydrogens is 140 g/mol. The number of rotatable bonds is 3. The molecule has 3 heteroatoms. The fraction of sp³-hybridized carbons (Fsp3) is 1.00. The van der Waals surface area contributed by atoms with Crippen LogP contribution in [0.25, 0.3) is 0 Å². The van der Waals surface area contributed by atoms with Crippen LogP contribution in [0.15, 0.2) is 0 Å². The Morgan fingerprint density at radius 2 is 1.29 bits per heavy atom. The Hall–Kier alpha value is 0.439. The first kappa shape index (κ1) is 10.4. The molecule has 0 aliphatic carbocycles. The first-order valence-corrected chi connectivity index (χ1v) is 2.21. The van der Waals surface area contributed by atoms with Gasteiger partial charge in [0.25, 0.3) is 0 Å². The molecule has 0 heterocycles. The molecule has 0 rings (SSSR count). The van der Waals surface area contributed by atoms with Crippen molar-refractivity contribution < 1.29 is 17.1 Å². The van der Waals surface area contributed by atoms with Gasteiger partial charge in [0.1, 0.15) is 0 Å². The minimum atomic E-state index is 0. The maximum absolute atomic E-state index is 3.01. The van der Waals surface area contributed by atoms with E-state index in [2.05, 4.69) is 10.6 Å². The molecule has 2 nitrogen and oxygen atoms in total. The largest absolute Gasteiger partial charge is 1.00 e. The van der Waals surface area contributed by atoms with Crippen molar-refractivity contribution in [1.82, 2.24) is 10.6 Å². The number of nitrogens with one attached hydrogen (secondary N) is 2. The summed E-state index contributed by atoms with van der Waals surface area (Å²) >= 11 is 0. The zero-order valence-electron chi connectivity index (χ0n) is 4.72. The molecule has 0 aliphatic rings. The van der Waals surface area contributed by atoms with Crippen LogP contribution in [0.4, 0.5) is 0 Å². The minimum Gasteiger partial charge on any atom is -0.318 e. The first-order valence-electron chi connectivity index (χ1n) is 2.21. The normalized spacial score (nSPS) is 7.71. The fourth-order valence-electron chi connectivity index (χ4n) is 0.250. The Morgan fingerprint density at radius 3 is 1.43 bits per heavy atom. The van der Waals surface area contributed by atoms with Crippen LogP contribution >= 0.6 is 0 Å². The molecule has 0 aromatic heterocycles. The molecule has 0 fully saturated rings. The van der Waals surface area contributed by atoms with Crippen LogP contribution in [0.1, 0.15) is 0 Å². The molecule has 48 valence electrons. The van der Waals surface area contributed by atoms with Gasteiger partial charge in [0, 0.05) is 13.1 Å². The third kappa shape index (κ3) is 10.7. The predicted octanol–water partition coefficient (Wildman–Crippen LogP) is -0.577. The average molecular weight is 152 g/mol. The fourth-order valence-corrected chi connectivity index (χ4v) is 0.250. The number of hydrogen-bond acceptors (Lipinski definition) is 2. The van der Waals surface area contributed by atoms with E-state index in [9.17, 15) is 0 Å². The van der Waals surface area contributed by atoms with E-state index in [4.69, 9.17) is 0 Å². The van der Waals surface area contributed by atoms with Crippen LogP contribution in [0.5, 0.6) is 0 Å². The molecule has 0 bridgehead atoms. The van der Waals surface area contributed by atoms with E-state index in [0.717, 1.165) is 13.1 Å². The molecule has 0 saturated heterocycles. The van der Waals surface area contributed by atoms with Gasteiger partial charge in [-0.1, -0.05) is 0 Å². The summed E-state index contributed by atoms with van der Waals surface area (Å²) < 4.78 is 0. The zero-order chi connectivity index (χ0) is 4.83. The molecule has 0 radical (unpaired) electrons. The smallest absolute Gasteiger partial charge is 0.318 e. The van der Waals surface area contributed by atoms with Crippen LogP contribution in [-0.4, -0.2) is 27.2 Å². The summed E-state index contributed by atoms with van der Waals surface area (Å²) in [6.45, 7) is 2.10. The second-order valence-electron chi connectivity index (χ2n) is 1.21. The third-order valence-corrected chi connectivity index (χ3v) is 0.625. The van der Waals surface area contributed by atoms with Gasteiger partial charge in [-0.3, -0.25) is 0 Å². The van der Waals surface area contributed by atoms with Crippen molar-refractivity contribution in [2.24, 2.45) is 0 Å². The van der Waals surface area contributed by atoms with E-state index in [1.807, 2.05) is 14.1 Å². The maximum atomic E-state index is 3.01. The van der Waals surface area contributed by atoms with Gasteiger partial charge in [-0.2, -0.15) is 0 Å². The van der Waals surface area contributed by atoms with Crippen molar-refractivity contribution in [2.75, 3.05) is 27.2 Å². The Labute approximate surface area is 55.5 Å². The Morgan fingerprint density at radius 1 is 1.00 bits per heavy atom. The third-order valence-electron chi connectivity index (χ3n) is 0.625. The zero-order valence-corrected chi connectivity index (χ0v) is 5.66. The minimum absolute atomic E-state index is 0. The molecule has 0 unspecified atom stereocenters. The van der Waals surface area contributed by atoms with E-state index in [1.165, 1.54) is 0 Å².